The molecule has 1 aromatic carbocycles. The molecule has 5 nitrogen and oxygen atoms in total. The standard InChI is InChI=1S/C7H9NO4S/c1-11-8-13(9,10)12-7-5-3-2-4-6-7/h2-6,8H,1H3. The molecule has 0 saturated heterocycles. The summed E-state index contributed by atoms with van der Waals surface area (Å²) < 4.78 is 26.5. The normalized spacial score (nSPS) is 11.2. The van der Waals surface area contributed by atoms with Crippen LogP contribution in [-0.4, -0.2) is 15.5 Å². The van der Waals surface area contributed by atoms with Crippen molar-refractivity contribution in [3.8, 4) is 5.75 Å². The molecule has 1 N–H and O–H groups in total. The van der Waals surface area contributed by atoms with Gasteiger partial charge in [-0.05, 0) is 12.1 Å². The van der Waals surface area contributed by atoms with Crippen LogP contribution in [0.4, 0.5) is 0 Å². The van der Waals surface area contributed by atoms with Crippen LogP contribution in [0.1, 0.15) is 0 Å². The highest BCUT2D eigenvalue weighted by molar-refractivity contribution is 7.84. The molecule has 1 aromatic rings. The van der Waals surface area contributed by atoms with E-state index < -0.39 is 10.3 Å². The molecule has 72 valence electrons. The molecule has 1 rings (SSSR count). The van der Waals surface area contributed by atoms with Crippen molar-refractivity contribution in [1.82, 2.24) is 4.89 Å². The van der Waals surface area contributed by atoms with E-state index >= 15 is 0 Å². The van der Waals surface area contributed by atoms with E-state index in [0.29, 0.717) is 0 Å². The molecule has 0 amide bonds. The molecule has 0 aromatic heterocycles. The van der Waals surface area contributed by atoms with E-state index in [-0.39, 0.29) is 5.75 Å². The lowest BCUT2D eigenvalue weighted by atomic mass is 10.3. The van der Waals surface area contributed by atoms with Crippen LogP contribution in [0.3, 0.4) is 0 Å². The van der Waals surface area contributed by atoms with Crippen LogP contribution in [0.15, 0.2) is 30.3 Å². The first-order valence-corrected chi connectivity index (χ1v) is 4.84. The van der Waals surface area contributed by atoms with E-state index in [1.54, 1.807) is 23.1 Å². The van der Waals surface area contributed by atoms with Crippen molar-refractivity contribution in [3.05, 3.63) is 30.3 Å². The van der Waals surface area contributed by atoms with Crippen molar-refractivity contribution in [3.63, 3.8) is 0 Å². The summed E-state index contributed by atoms with van der Waals surface area (Å²) in [5, 5.41) is 0. The maximum Gasteiger partial charge on any atom is 0.405 e. The Balaban J connectivity index is 2.70. The highest BCUT2D eigenvalue weighted by Gasteiger charge is 2.10. The largest absolute Gasteiger partial charge is 0.405 e. The van der Waals surface area contributed by atoms with Gasteiger partial charge in [-0.1, -0.05) is 23.1 Å². The van der Waals surface area contributed by atoms with Crippen LogP contribution < -0.4 is 9.07 Å². The van der Waals surface area contributed by atoms with Crippen LogP contribution in [0.5, 0.6) is 5.75 Å². The minimum absolute atomic E-state index is 0.229. The van der Waals surface area contributed by atoms with Crippen LogP contribution in [0.2, 0.25) is 0 Å². The Morgan fingerprint density at radius 3 is 2.38 bits per heavy atom. The lowest BCUT2D eigenvalue weighted by Gasteiger charge is -2.05. The maximum atomic E-state index is 10.9. The minimum atomic E-state index is -3.86. The summed E-state index contributed by atoms with van der Waals surface area (Å²) in [6.45, 7) is 0. The highest BCUT2D eigenvalue weighted by Crippen LogP contribution is 2.10. The number of rotatable bonds is 4. The molecule has 0 spiro atoms. The van der Waals surface area contributed by atoms with Crippen molar-refractivity contribution >= 4 is 10.3 Å². The molecule has 0 aliphatic heterocycles. The van der Waals surface area contributed by atoms with Gasteiger partial charge in [0.25, 0.3) is 0 Å². The van der Waals surface area contributed by atoms with Gasteiger partial charge in [-0.3, -0.25) is 4.84 Å². The van der Waals surface area contributed by atoms with Crippen molar-refractivity contribution in [2.24, 2.45) is 0 Å². The Morgan fingerprint density at radius 1 is 1.23 bits per heavy atom. The summed E-state index contributed by atoms with van der Waals surface area (Å²) in [7, 11) is -2.67. The smallest absolute Gasteiger partial charge is 0.370 e. The average molecular weight is 203 g/mol. The van der Waals surface area contributed by atoms with Gasteiger partial charge < -0.3 is 4.18 Å². The van der Waals surface area contributed by atoms with Crippen LogP contribution in [-0.2, 0) is 15.1 Å². The molecular formula is C7H9NO4S. The molecule has 0 fully saturated rings. The third-order valence-electron chi connectivity index (χ3n) is 1.13. The Morgan fingerprint density at radius 2 is 1.85 bits per heavy atom. The average Bonchev–Trinajstić information content (AvgIpc) is 2.04. The van der Waals surface area contributed by atoms with E-state index in [4.69, 9.17) is 0 Å². The molecule has 6 heteroatoms. The lowest BCUT2D eigenvalue weighted by Crippen LogP contribution is -2.27. The van der Waals surface area contributed by atoms with Gasteiger partial charge in [0.2, 0.25) is 0 Å². The van der Waals surface area contributed by atoms with Gasteiger partial charge in [-0.25, -0.2) is 0 Å². The van der Waals surface area contributed by atoms with Gasteiger partial charge in [0.05, 0.1) is 7.11 Å². The summed E-state index contributed by atoms with van der Waals surface area (Å²) in [5.41, 5.74) is 0. The van der Waals surface area contributed by atoms with Gasteiger partial charge in [0.1, 0.15) is 5.75 Å². The predicted molar refractivity (Wildman–Crippen MR) is 46.1 cm³/mol. The minimum Gasteiger partial charge on any atom is -0.370 e. The first-order chi connectivity index (χ1) is 6.14. The zero-order valence-corrected chi connectivity index (χ0v) is 7.74. The van der Waals surface area contributed by atoms with Gasteiger partial charge in [0, 0.05) is 0 Å². The topological polar surface area (TPSA) is 64.6 Å². The molecule has 0 aliphatic carbocycles. The Bertz CT molecular complexity index is 348. The van der Waals surface area contributed by atoms with Gasteiger partial charge in [-0.15, -0.1) is 0 Å². The number of para-hydroxylation sites is 1. The first-order valence-electron chi connectivity index (χ1n) is 3.43. The molecule has 0 heterocycles. The fourth-order valence-electron chi connectivity index (χ4n) is 0.722. The van der Waals surface area contributed by atoms with Crippen molar-refractivity contribution < 1.29 is 17.4 Å². The first kappa shape index (κ1) is 9.97. The number of nitrogens with one attached hydrogen (secondary N) is 1. The molecule has 0 unspecified atom stereocenters. The second-order valence-electron chi connectivity index (χ2n) is 2.14. The van der Waals surface area contributed by atoms with Crippen molar-refractivity contribution in [1.29, 1.82) is 0 Å². The second-order valence-corrected chi connectivity index (χ2v) is 3.38. The quantitative estimate of drug-likeness (QED) is 0.722. The monoisotopic (exact) mass is 203 g/mol. The Labute approximate surface area is 76.5 Å². The van der Waals surface area contributed by atoms with Gasteiger partial charge >= 0.3 is 10.3 Å². The van der Waals surface area contributed by atoms with Gasteiger partial charge in [0.15, 0.2) is 0 Å². The molecule has 13 heavy (non-hydrogen) atoms. The van der Waals surface area contributed by atoms with Gasteiger partial charge in [-0.2, -0.15) is 8.42 Å². The third-order valence-corrected chi connectivity index (χ3v) is 1.92. The molecule has 0 aliphatic rings. The molecule has 0 bridgehead atoms. The SMILES string of the molecule is CONS(=O)(=O)Oc1ccccc1. The van der Waals surface area contributed by atoms with Crippen molar-refractivity contribution in [2.45, 2.75) is 0 Å². The number of benzene rings is 1. The highest BCUT2D eigenvalue weighted by atomic mass is 32.2. The van der Waals surface area contributed by atoms with E-state index in [0.717, 1.165) is 0 Å². The van der Waals surface area contributed by atoms with Crippen LogP contribution >= 0.6 is 0 Å². The van der Waals surface area contributed by atoms with E-state index in [2.05, 4.69) is 9.02 Å². The van der Waals surface area contributed by atoms with Crippen LogP contribution in [0, 0.1) is 0 Å². The van der Waals surface area contributed by atoms with Crippen LogP contribution in [0.25, 0.3) is 0 Å². The van der Waals surface area contributed by atoms with E-state index in [1.807, 2.05) is 0 Å². The van der Waals surface area contributed by atoms with E-state index in [9.17, 15) is 8.42 Å². The summed E-state index contributed by atoms with van der Waals surface area (Å²) in [5.74, 6) is 0.229. The fraction of sp³-hybridized carbons (Fsp3) is 0.143. The lowest BCUT2D eigenvalue weighted by molar-refractivity contribution is 0.145. The van der Waals surface area contributed by atoms with E-state index in [1.165, 1.54) is 19.2 Å². The third kappa shape index (κ3) is 3.41. The molecule has 0 saturated carbocycles. The summed E-state index contributed by atoms with van der Waals surface area (Å²) in [6, 6.07) is 8.13. The van der Waals surface area contributed by atoms with Crippen molar-refractivity contribution in [2.75, 3.05) is 7.11 Å². The number of hydrogen-bond donors (Lipinski definition) is 1. The summed E-state index contributed by atoms with van der Waals surface area (Å²) in [4.78, 5) is 5.94. The number of hydrogen-bond acceptors (Lipinski definition) is 4. The fourth-order valence-corrected chi connectivity index (χ4v) is 1.32. The summed E-state index contributed by atoms with van der Waals surface area (Å²) in [6.07, 6.45) is 0. The molecule has 0 radical (unpaired) electrons. The zero-order chi connectivity index (χ0) is 9.73. The Kier molecular flexibility index (Phi) is 3.24. The molecule has 0 atom stereocenters. The maximum absolute atomic E-state index is 10.9. The second kappa shape index (κ2) is 4.22. The predicted octanol–water partition coefficient (Wildman–Crippen LogP) is 0.461. The zero-order valence-electron chi connectivity index (χ0n) is 6.93. The Hall–Kier alpha value is -1.11. The summed E-state index contributed by atoms with van der Waals surface area (Å²) >= 11 is 0. The molecular weight excluding hydrogens is 194 g/mol.